The summed E-state index contributed by atoms with van der Waals surface area (Å²) in [4.78, 5) is 11.6. The Morgan fingerprint density at radius 3 is 2.56 bits per heavy atom. The van der Waals surface area contributed by atoms with Crippen molar-refractivity contribution in [3.05, 3.63) is 29.8 Å². The van der Waals surface area contributed by atoms with Gasteiger partial charge in [-0.1, -0.05) is 18.2 Å². The van der Waals surface area contributed by atoms with E-state index in [-0.39, 0.29) is 24.1 Å². The third kappa shape index (κ3) is 4.75. The number of benzene rings is 1. The smallest absolute Gasteiger partial charge is 0.258 e. The van der Waals surface area contributed by atoms with Crippen LogP contribution in [0.25, 0.3) is 0 Å². The fraction of sp³-hybridized carbons (Fsp3) is 0.500. The molecule has 4 nitrogen and oxygen atoms in total. The zero-order valence-electron chi connectivity index (χ0n) is 11.5. The molecule has 0 radical (unpaired) electrons. The lowest BCUT2D eigenvalue weighted by Gasteiger charge is -2.21. The summed E-state index contributed by atoms with van der Waals surface area (Å²) in [5, 5.41) is 2.84. The monoisotopic (exact) mass is 250 g/mol. The van der Waals surface area contributed by atoms with Crippen molar-refractivity contribution in [2.24, 2.45) is 5.73 Å². The van der Waals surface area contributed by atoms with E-state index < -0.39 is 0 Å². The summed E-state index contributed by atoms with van der Waals surface area (Å²) in [5.41, 5.74) is 6.50. The molecule has 100 valence electrons. The second-order valence-corrected chi connectivity index (χ2v) is 5.41. The van der Waals surface area contributed by atoms with Gasteiger partial charge in [0.05, 0.1) is 0 Å². The molecule has 0 saturated heterocycles. The van der Waals surface area contributed by atoms with Crippen molar-refractivity contribution in [2.45, 2.75) is 39.3 Å². The number of amides is 1. The van der Waals surface area contributed by atoms with Crippen molar-refractivity contribution in [3.63, 3.8) is 0 Å². The fourth-order valence-corrected chi connectivity index (χ4v) is 1.59. The van der Waals surface area contributed by atoms with Gasteiger partial charge in [-0.05, 0) is 33.8 Å². The van der Waals surface area contributed by atoms with Gasteiger partial charge < -0.3 is 15.8 Å². The lowest BCUT2D eigenvalue weighted by molar-refractivity contribution is -0.124. The lowest BCUT2D eigenvalue weighted by atomic mass is 10.1. The predicted octanol–water partition coefficient (Wildman–Crippen LogP) is 2.00. The van der Waals surface area contributed by atoms with E-state index in [0.29, 0.717) is 5.75 Å². The first kappa shape index (κ1) is 14.5. The summed E-state index contributed by atoms with van der Waals surface area (Å²) in [6.45, 7) is 7.68. The van der Waals surface area contributed by atoms with Gasteiger partial charge in [0.15, 0.2) is 6.61 Å². The highest BCUT2D eigenvalue weighted by Gasteiger charge is 2.15. The topological polar surface area (TPSA) is 64.3 Å². The largest absolute Gasteiger partial charge is 0.483 e. The molecule has 0 aliphatic heterocycles. The van der Waals surface area contributed by atoms with Crippen LogP contribution in [-0.4, -0.2) is 18.1 Å². The zero-order valence-corrected chi connectivity index (χ0v) is 11.5. The van der Waals surface area contributed by atoms with Gasteiger partial charge in [0.2, 0.25) is 0 Å². The molecule has 1 aromatic carbocycles. The first-order chi connectivity index (χ1) is 8.29. The average molecular weight is 250 g/mol. The molecule has 0 fully saturated rings. The molecule has 3 N–H and O–H groups in total. The number of nitrogens with two attached hydrogens (primary N) is 1. The Balaban J connectivity index is 2.61. The predicted molar refractivity (Wildman–Crippen MR) is 72.4 cm³/mol. The summed E-state index contributed by atoms with van der Waals surface area (Å²) in [6.07, 6.45) is 0. The van der Waals surface area contributed by atoms with Crippen LogP contribution < -0.4 is 15.8 Å². The number of carbonyl (C=O) groups is 1. The van der Waals surface area contributed by atoms with E-state index in [2.05, 4.69) is 5.32 Å². The number of nitrogens with one attached hydrogen (secondary N) is 1. The molecule has 1 amide bonds. The summed E-state index contributed by atoms with van der Waals surface area (Å²) >= 11 is 0. The molecule has 0 aliphatic carbocycles. The van der Waals surface area contributed by atoms with E-state index in [1.165, 1.54) is 0 Å². The molecular weight excluding hydrogens is 228 g/mol. The van der Waals surface area contributed by atoms with Gasteiger partial charge in [-0.2, -0.15) is 0 Å². The van der Waals surface area contributed by atoms with E-state index in [9.17, 15) is 4.79 Å². The fourth-order valence-electron chi connectivity index (χ4n) is 1.59. The van der Waals surface area contributed by atoms with Crippen LogP contribution in [0, 0.1) is 0 Å². The van der Waals surface area contributed by atoms with Crippen molar-refractivity contribution in [1.82, 2.24) is 5.32 Å². The van der Waals surface area contributed by atoms with Crippen LogP contribution in [0.15, 0.2) is 24.3 Å². The van der Waals surface area contributed by atoms with Crippen LogP contribution in [0.5, 0.6) is 5.75 Å². The van der Waals surface area contributed by atoms with Gasteiger partial charge in [-0.15, -0.1) is 0 Å². The summed E-state index contributed by atoms with van der Waals surface area (Å²) in [6, 6.07) is 7.38. The van der Waals surface area contributed by atoms with Crippen LogP contribution in [0.1, 0.15) is 39.3 Å². The van der Waals surface area contributed by atoms with Gasteiger partial charge in [0.25, 0.3) is 5.91 Å². The van der Waals surface area contributed by atoms with Crippen LogP contribution in [-0.2, 0) is 4.79 Å². The normalized spacial score (nSPS) is 12.9. The second kappa shape index (κ2) is 5.87. The SMILES string of the molecule is C[C@@H](N)c1ccccc1OCC(=O)NC(C)(C)C. The number of para-hydroxylation sites is 1. The molecule has 1 rings (SSSR count). The Morgan fingerprint density at radius 1 is 1.39 bits per heavy atom. The number of ether oxygens (including phenoxy) is 1. The number of carbonyl (C=O) groups excluding carboxylic acids is 1. The third-order valence-electron chi connectivity index (χ3n) is 2.28. The highest BCUT2D eigenvalue weighted by Crippen LogP contribution is 2.22. The maximum atomic E-state index is 11.6. The van der Waals surface area contributed by atoms with E-state index >= 15 is 0 Å². The Bertz CT molecular complexity index is 409. The Kier molecular flexibility index (Phi) is 4.73. The van der Waals surface area contributed by atoms with Crippen molar-refractivity contribution in [1.29, 1.82) is 0 Å². The molecule has 1 atom stereocenters. The van der Waals surface area contributed by atoms with Gasteiger partial charge in [0.1, 0.15) is 5.75 Å². The standard InChI is InChI=1S/C14H22N2O2/c1-10(15)11-7-5-6-8-12(11)18-9-13(17)16-14(2,3)4/h5-8,10H,9,15H2,1-4H3,(H,16,17)/t10-/m1/s1. The van der Waals surface area contributed by atoms with Crippen LogP contribution in [0.2, 0.25) is 0 Å². The minimum Gasteiger partial charge on any atom is -0.483 e. The first-order valence-corrected chi connectivity index (χ1v) is 6.08. The maximum Gasteiger partial charge on any atom is 0.258 e. The van der Waals surface area contributed by atoms with Gasteiger partial charge in [-0.3, -0.25) is 4.79 Å². The number of hydrogen-bond acceptors (Lipinski definition) is 3. The first-order valence-electron chi connectivity index (χ1n) is 6.08. The van der Waals surface area contributed by atoms with Crippen LogP contribution >= 0.6 is 0 Å². The lowest BCUT2D eigenvalue weighted by Crippen LogP contribution is -2.43. The summed E-state index contributed by atoms with van der Waals surface area (Å²) in [7, 11) is 0. The average Bonchev–Trinajstić information content (AvgIpc) is 2.24. The second-order valence-electron chi connectivity index (χ2n) is 5.41. The molecule has 18 heavy (non-hydrogen) atoms. The third-order valence-corrected chi connectivity index (χ3v) is 2.28. The van der Waals surface area contributed by atoms with E-state index in [4.69, 9.17) is 10.5 Å². The molecule has 1 aromatic rings. The Labute approximate surface area is 109 Å². The Hall–Kier alpha value is -1.55. The van der Waals surface area contributed by atoms with Gasteiger partial charge in [0, 0.05) is 17.1 Å². The van der Waals surface area contributed by atoms with Crippen molar-refractivity contribution in [3.8, 4) is 5.75 Å². The van der Waals surface area contributed by atoms with Crippen molar-refractivity contribution >= 4 is 5.91 Å². The van der Waals surface area contributed by atoms with Crippen LogP contribution in [0.4, 0.5) is 0 Å². The Morgan fingerprint density at radius 2 is 2.00 bits per heavy atom. The minimum absolute atomic E-state index is 0.000995. The van der Waals surface area contributed by atoms with E-state index in [1.807, 2.05) is 52.0 Å². The molecule has 0 spiro atoms. The molecule has 0 unspecified atom stereocenters. The zero-order chi connectivity index (χ0) is 13.8. The molecule has 0 aliphatic rings. The molecule has 0 aromatic heterocycles. The van der Waals surface area contributed by atoms with E-state index in [1.54, 1.807) is 0 Å². The van der Waals surface area contributed by atoms with Crippen LogP contribution in [0.3, 0.4) is 0 Å². The van der Waals surface area contributed by atoms with Gasteiger partial charge in [-0.25, -0.2) is 0 Å². The summed E-state index contributed by atoms with van der Waals surface area (Å²) < 4.78 is 5.51. The van der Waals surface area contributed by atoms with Gasteiger partial charge >= 0.3 is 0 Å². The molecule has 4 heteroatoms. The maximum absolute atomic E-state index is 11.6. The van der Waals surface area contributed by atoms with E-state index in [0.717, 1.165) is 5.56 Å². The van der Waals surface area contributed by atoms with Crippen molar-refractivity contribution < 1.29 is 9.53 Å². The minimum atomic E-state index is -0.249. The molecule has 0 bridgehead atoms. The van der Waals surface area contributed by atoms with Crippen molar-refractivity contribution in [2.75, 3.05) is 6.61 Å². The highest BCUT2D eigenvalue weighted by molar-refractivity contribution is 5.78. The summed E-state index contributed by atoms with van der Waals surface area (Å²) in [5.74, 6) is 0.526. The molecular formula is C14H22N2O2. The number of rotatable bonds is 4. The highest BCUT2D eigenvalue weighted by atomic mass is 16.5. The number of hydrogen-bond donors (Lipinski definition) is 2. The quantitative estimate of drug-likeness (QED) is 0.859. The molecule has 0 heterocycles. The molecule has 0 saturated carbocycles.